The molecule has 0 saturated carbocycles. The SMILES string of the molecule is C=C(CC)COc1ccc(C)cc1C(C)NCC. The highest BCUT2D eigenvalue weighted by Crippen LogP contribution is 2.26. The first-order chi connectivity index (χ1) is 8.58. The summed E-state index contributed by atoms with van der Waals surface area (Å²) in [4.78, 5) is 0. The van der Waals surface area contributed by atoms with Gasteiger partial charge in [-0.2, -0.15) is 0 Å². The maximum absolute atomic E-state index is 5.87. The Labute approximate surface area is 111 Å². The van der Waals surface area contributed by atoms with Gasteiger partial charge in [-0.25, -0.2) is 0 Å². The predicted molar refractivity (Wildman–Crippen MR) is 78.2 cm³/mol. The second-order valence-electron chi connectivity index (χ2n) is 4.71. The van der Waals surface area contributed by atoms with E-state index in [1.54, 1.807) is 0 Å². The summed E-state index contributed by atoms with van der Waals surface area (Å²) in [6, 6.07) is 6.64. The highest BCUT2D eigenvalue weighted by Gasteiger charge is 2.11. The molecule has 0 saturated heterocycles. The molecule has 100 valence electrons. The highest BCUT2D eigenvalue weighted by molar-refractivity contribution is 5.39. The van der Waals surface area contributed by atoms with E-state index in [4.69, 9.17) is 4.74 Å². The van der Waals surface area contributed by atoms with E-state index in [1.165, 1.54) is 11.1 Å². The third-order valence-corrected chi connectivity index (χ3v) is 3.07. The van der Waals surface area contributed by atoms with Gasteiger partial charge in [-0.1, -0.05) is 38.1 Å². The lowest BCUT2D eigenvalue weighted by Crippen LogP contribution is -2.19. The van der Waals surface area contributed by atoms with Crippen molar-refractivity contribution in [2.45, 2.75) is 40.2 Å². The lowest BCUT2D eigenvalue weighted by Gasteiger charge is -2.18. The van der Waals surface area contributed by atoms with Gasteiger partial charge in [-0.05, 0) is 38.5 Å². The first-order valence-electron chi connectivity index (χ1n) is 6.71. The molecule has 0 aliphatic heterocycles. The number of benzene rings is 1. The van der Waals surface area contributed by atoms with Crippen molar-refractivity contribution < 1.29 is 4.74 Å². The Morgan fingerprint density at radius 3 is 2.72 bits per heavy atom. The van der Waals surface area contributed by atoms with Gasteiger partial charge in [0, 0.05) is 11.6 Å². The smallest absolute Gasteiger partial charge is 0.124 e. The zero-order valence-electron chi connectivity index (χ0n) is 12.0. The van der Waals surface area contributed by atoms with E-state index in [0.717, 1.165) is 24.3 Å². The van der Waals surface area contributed by atoms with E-state index in [0.29, 0.717) is 12.6 Å². The lowest BCUT2D eigenvalue weighted by molar-refractivity contribution is 0.341. The monoisotopic (exact) mass is 247 g/mol. The zero-order chi connectivity index (χ0) is 13.5. The first-order valence-corrected chi connectivity index (χ1v) is 6.71. The van der Waals surface area contributed by atoms with E-state index >= 15 is 0 Å². The van der Waals surface area contributed by atoms with Crippen LogP contribution in [-0.2, 0) is 0 Å². The number of aryl methyl sites for hydroxylation is 1. The van der Waals surface area contributed by atoms with Crippen molar-refractivity contribution in [1.82, 2.24) is 5.32 Å². The van der Waals surface area contributed by atoms with Crippen molar-refractivity contribution in [3.63, 3.8) is 0 Å². The molecule has 0 aliphatic carbocycles. The molecular formula is C16H25NO. The number of nitrogens with one attached hydrogen (secondary N) is 1. The topological polar surface area (TPSA) is 21.3 Å². The normalized spacial score (nSPS) is 12.2. The van der Waals surface area contributed by atoms with Crippen LogP contribution in [0.2, 0.25) is 0 Å². The van der Waals surface area contributed by atoms with Gasteiger partial charge in [0.1, 0.15) is 12.4 Å². The summed E-state index contributed by atoms with van der Waals surface area (Å²) in [6.07, 6.45) is 0.962. The van der Waals surface area contributed by atoms with Gasteiger partial charge in [0.05, 0.1) is 0 Å². The Hall–Kier alpha value is -1.28. The fourth-order valence-electron chi connectivity index (χ4n) is 1.84. The quantitative estimate of drug-likeness (QED) is 0.735. The van der Waals surface area contributed by atoms with Crippen LogP contribution in [0.4, 0.5) is 0 Å². The van der Waals surface area contributed by atoms with E-state index in [-0.39, 0.29) is 0 Å². The molecule has 1 rings (SSSR count). The molecule has 2 heteroatoms. The van der Waals surface area contributed by atoms with Crippen molar-refractivity contribution in [2.24, 2.45) is 0 Å². The van der Waals surface area contributed by atoms with Crippen molar-refractivity contribution in [3.05, 3.63) is 41.5 Å². The van der Waals surface area contributed by atoms with Crippen molar-refractivity contribution in [2.75, 3.05) is 13.2 Å². The molecule has 0 radical (unpaired) electrons. The van der Waals surface area contributed by atoms with Crippen LogP contribution in [-0.4, -0.2) is 13.2 Å². The number of hydrogen-bond acceptors (Lipinski definition) is 2. The Morgan fingerprint density at radius 1 is 1.39 bits per heavy atom. The minimum atomic E-state index is 0.305. The molecule has 1 N–H and O–H groups in total. The summed E-state index contributed by atoms with van der Waals surface area (Å²) >= 11 is 0. The summed E-state index contributed by atoms with van der Waals surface area (Å²) in [5.41, 5.74) is 3.61. The molecule has 18 heavy (non-hydrogen) atoms. The minimum absolute atomic E-state index is 0.305. The van der Waals surface area contributed by atoms with E-state index < -0.39 is 0 Å². The summed E-state index contributed by atoms with van der Waals surface area (Å²) in [6.45, 7) is 14.0. The third-order valence-electron chi connectivity index (χ3n) is 3.07. The van der Waals surface area contributed by atoms with Crippen LogP contribution in [0.3, 0.4) is 0 Å². The molecule has 0 fully saturated rings. The van der Waals surface area contributed by atoms with E-state index in [1.807, 2.05) is 0 Å². The van der Waals surface area contributed by atoms with E-state index in [2.05, 4.69) is 57.8 Å². The third kappa shape index (κ3) is 4.19. The Morgan fingerprint density at radius 2 is 2.11 bits per heavy atom. The molecule has 1 aromatic carbocycles. The summed E-state index contributed by atoms with van der Waals surface area (Å²) in [7, 11) is 0. The van der Waals surface area contributed by atoms with Gasteiger partial charge in [-0.3, -0.25) is 0 Å². The molecule has 1 aromatic rings. The van der Waals surface area contributed by atoms with Crippen LogP contribution < -0.4 is 10.1 Å². The molecule has 0 aliphatic rings. The fourth-order valence-corrected chi connectivity index (χ4v) is 1.84. The molecule has 0 bridgehead atoms. The summed E-state index contributed by atoms with van der Waals surface area (Å²) < 4.78 is 5.87. The second kappa shape index (κ2) is 7.22. The molecule has 1 unspecified atom stereocenters. The Bertz CT molecular complexity index is 398. The van der Waals surface area contributed by atoms with Crippen molar-refractivity contribution in [1.29, 1.82) is 0 Å². The second-order valence-corrected chi connectivity index (χ2v) is 4.71. The maximum atomic E-state index is 5.87. The largest absolute Gasteiger partial charge is 0.489 e. The van der Waals surface area contributed by atoms with Crippen LogP contribution in [0, 0.1) is 6.92 Å². The van der Waals surface area contributed by atoms with Gasteiger partial charge in [0.15, 0.2) is 0 Å². The predicted octanol–water partition coefficient (Wildman–Crippen LogP) is 4.01. The molecule has 0 spiro atoms. The molecule has 1 atom stereocenters. The zero-order valence-corrected chi connectivity index (χ0v) is 12.0. The summed E-state index contributed by atoms with van der Waals surface area (Å²) in [5.74, 6) is 0.962. The minimum Gasteiger partial charge on any atom is -0.489 e. The number of hydrogen-bond donors (Lipinski definition) is 1. The van der Waals surface area contributed by atoms with Crippen LogP contribution >= 0.6 is 0 Å². The molecule has 0 heterocycles. The lowest BCUT2D eigenvalue weighted by atomic mass is 10.0. The van der Waals surface area contributed by atoms with Crippen LogP contribution in [0.5, 0.6) is 5.75 Å². The molecule has 2 nitrogen and oxygen atoms in total. The molecular weight excluding hydrogens is 222 g/mol. The van der Waals surface area contributed by atoms with E-state index in [9.17, 15) is 0 Å². The standard InChI is InChI=1S/C16H25NO/c1-6-12(3)11-18-16-9-8-13(4)10-15(16)14(5)17-7-2/h8-10,14,17H,3,6-7,11H2,1-2,4-5H3. The number of ether oxygens (including phenoxy) is 1. The highest BCUT2D eigenvalue weighted by atomic mass is 16.5. The average Bonchev–Trinajstić information content (AvgIpc) is 2.37. The molecule has 0 amide bonds. The van der Waals surface area contributed by atoms with Crippen LogP contribution in [0.1, 0.15) is 44.4 Å². The Balaban J connectivity index is 2.85. The van der Waals surface area contributed by atoms with Crippen molar-refractivity contribution in [3.8, 4) is 5.75 Å². The number of rotatable bonds is 7. The van der Waals surface area contributed by atoms with Gasteiger partial charge in [0.25, 0.3) is 0 Å². The van der Waals surface area contributed by atoms with Gasteiger partial charge < -0.3 is 10.1 Å². The molecule has 0 aromatic heterocycles. The Kier molecular flexibility index (Phi) is 5.93. The van der Waals surface area contributed by atoms with Gasteiger partial charge in [-0.15, -0.1) is 0 Å². The van der Waals surface area contributed by atoms with Crippen molar-refractivity contribution >= 4 is 0 Å². The van der Waals surface area contributed by atoms with Gasteiger partial charge >= 0.3 is 0 Å². The van der Waals surface area contributed by atoms with Crippen LogP contribution in [0.25, 0.3) is 0 Å². The fraction of sp³-hybridized carbons (Fsp3) is 0.500. The average molecular weight is 247 g/mol. The maximum Gasteiger partial charge on any atom is 0.124 e. The summed E-state index contributed by atoms with van der Waals surface area (Å²) in [5, 5.41) is 3.43. The van der Waals surface area contributed by atoms with Crippen LogP contribution in [0.15, 0.2) is 30.4 Å². The first kappa shape index (κ1) is 14.8. The van der Waals surface area contributed by atoms with Gasteiger partial charge in [0.2, 0.25) is 0 Å².